The third kappa shape index (κ3) is 6.02. The zero-order chi connectivity index (χ0) is 28.2. The monoisotopic (exact) mass is 610 g/mol. The van der Waals surface area contributed by atoms with Crippen LogP contribution in [0, 0.1) is 0 Å². The maximum Gasteiger partial charge on any atom is 0.266 e. The lowest BCUT2D eigenvalue weighted by atomic mass is 10.1. The predicted octanol–water partition coefficient (Wildman–Crippen LogP) is 7.95. The lowest BCUT2D eigenvalue weighted by Crippen LogP contribution is -2.29. The van der Waals surface area contributed by atoms with Crippen molar-refractivity contribution < 1.29 is 19.1 Å². The minimum Gasteiger partial charge on any atom is -0.493 e. The number of carbonyl (C=O) groups excluding carboxylic acids is 2. The molecule has 2 aliphatic rings. The Morgan fingerprint density at radius 1 is 0.925 bits per heavy atom. The van der Waals surface area contributed by atoms with Crippen molar-refractivity contribution in [3.05, 3.63) is 76.2 Å². The second kappa shape index (κ2) is 12.7. The number of hydrogen-bond donors (Lipinski definition) is 0. The van der Waals surface area contributed by atoms with Gasteiger partial charge in [0.25, 0.3) is 5.91 Å². The van der Waals surface area contributed by atoms with Gasteiger partial charge in [-0.15, -0.1) is 0 Å². The molecule has 2 heterocycles. The number of rotatable bonds is 9. The molecule has 5 rings (SSSR count). The molecule has 2 amide bonds. The number of methoxy groups -OCH3 is 2. The molecule has 0 atom stereocenters. The van der Waals surface area contributed by atoms with Gasteiger partial charge in [-0.1, -0.05) is 72.0 Å². The van der Waals surface area contributed by atoms with Crippen LogP contribution in [0.2, 0.25) is 5.02 Å². The van der Waals surface area contributed by atoms with Gasteiger partial charge in [-0.2, -0.15) is 0 Å². The summed E-state index contributed by atoms with van der Waals surface area (Å²) in [5.74, 6) is 1.15. The number of fused-ring (bicyclic) bond motifs is 2. The molecule has 40 heavy (non-hydrogen) atoms. The van der Waals surface area contributed by atoms with E-state index in [-0.39, 0.29) is 11.8 Å². The number of anilines is 2. The normalized spacial score (nSPS) is 15.3. The summed E-state index contributed by atoms with van der Waals surface area (Å²) in [4.78, 5) is 32.5. The summed E-state index contributed by atoms with van der Waals surface area (Å²) in [5, 5.41) is 0.597. The Bertz CT molecular complexity index is 1510. The standard InChI is InChI=1S/C30H27ClN2O4S3/c1-36-23-13-11-19(16-24(23)37-2)17-27-29(35)32(30(38)40-27)15-7-3-4-10-28(34)33-21-8-5-6-9-25(21)39-26-14-12-20(31)18-22(26)33/h5-6,8-9,11-14,16-18H,3-4,7,10,15H2,1-2H3. The second-order valence-electron chi connectivity index (χ2n) is 9.17. The lowest BCUT2D eigenvalue weighted by Gasteiger charge is -2.31. The van der Waals surface area contributed by atoms with Gasteiger partial charge in [0.1, 0.15) is 4.32 Å². The van der Waals surface area contributed by atoms with E-state index in [2.05, 4.69) is 0 Å². The van der Waals surface area contributed by atoms with E-state index in [1.165, 1.54) is 11.8 Å². The molecular formula is C30H27ClN2O4S3. The van der Waals surface area contributed by atoms with Gasteiger partial charge >= 0.3 is 0 Å². The number of carbonyl (C=O) groups is 2. The van der Waals surface area contributed by atoms with Crippen LogP contribution in [0.5, 0.6) is 11.5 Å². The first-order valence-electron chi connectivity index (χ1n) is 12.8. The highest BCUT2D eigenvalue weighted by Gasteiger charge is 2.32. The molecule has 3 aromatic carbocycles. The number of hydrogen-bond acceptors (Lipinski definition) is 7. The summed E-state index contributed by atoms with van der Waals surface area (Å²) >= 11 is 14.7. The minimum absolute atomic E-state index is 0.0275. The van der Waals surface area contributed by atoms with Gasteiger partial charge in [-0.3, -0.25) is 19.4 Å². The number of ether oxygens (including phenoxy) is 2. The molecule has 1 fully saturated rings. The fourth-order valence-corrected chi connectivity index (χ4v) is 7.13. The van der Waals surface area contributed by atoms with Crippen molar-refractivity contribution in [1.82, 2.24) is 4.90 Å². The van der Waals surface area contributed by atoms with Crippen molar-refractivity contribution >= 4 is 80.9 Å². The number of thiocarbonyl (C=S) groups is 1. The van der Waals surface area contributed by atoms with Crippen molar-refractivity contribution in [3.8, 4) is 11.5 Å². The van der Waals surface area contributed by atoms with Gasteiger partial charge in [0.2, 0.25) is 5.91 Å². The van der Waals surface area contributed by atoms with Crippen LogP contribution in [0.3, 0.4) is 0 Å². The summed E-state index contributed by atoms with van der Waals surface area (Å²) in [6, 6.07) is 19.1. The Hall–Kier alpha value is -2.98. The van der Waals surface area contributed by atoms with Crippen molar-refractivity contribution in [1.29, 1.82) is 0 Å². The number of amides is 2. The van der Waals surface area contributed by atoms with Crippen LogP contribution in [0.4, 0.5) is 11.4 Å². The largest absolute Gasteiger partial charge is 0.493 e. The summed E-state index contributed by atoms with van der Waals surface area (Å²) < 4.78 is 11.2. The Labute approximate surface area is 252 Å². The molecule has 0 aromatic heterocycles. The maximum atomic E-state index is 13.4. The summed E-state index contributed by atoms with van der Waals surface area (Å²) in [6.45, 7) is 0.518. The number of halogens is 1. The number of benzene rings is 3. The van der Waals surface area contributed by atoms with Crippen molar-refractivity contribution in [3.63, 3.8) is 0 Å². The van der Waals surface area contributed by atoms with Gasteiger partial charge in [-0.05, 0) is 66.9 Å². The Morgan fingerprint density at radius 2 is 1.70 bits per heavy atom. The van der Waals surface area contributed by atoms with Crippen molar-refractivity contribution in [2.75, 3.05) is 25.7 Å². The maximum absolute atomic E-state index is 13.4. The molecule has 0 spiro atoms. The summed E-state index contributed by atoms with van der Waals surface area (Å²) in [7, 11) is 3.16. The Morgan fingerprint density at radius 3 is 2.50 bits per heavy atom. The third-order valence-electron chi connectivity index (χ3n) is 6.59. The van der Waals surface area contributed by atoms with Crippen LogP contribution >= 0.6 is 47.3 Å². The van der Waals surface area contributed by atoms with Crippen LogP contribution in [-0.2, 0) is 9.59 Å². The first kappa shape index (κ1) is 28.5. The molecular weight excluding hydrogens is 584 g/mol. The smallest absolute Gasteiger partial charge is 0.266 e. The van der Waals surface area contributed by atoms with Crippen molar-refractivity contribution in [2.45, 2.75) is 35.5 Å². The quantitative estimate of drug-likeness (QED) is 0.138. The summed E-state index contributed by atoms with van der Waals surface area (Å²) in [6.07, 6.45) is 4.46. The number of para-hydroxylation sites is 1. The first-order valence-corrected chi connectivity index (χ1v) is 15.2. The molecule has 0 unspecified atom stereocenters. The van der Waals surface area contributed by atoms with E-state index in [9.17, 15) is 9.59 Å². The molecule has 0 bridgehead atoms. The molecule has 10 heteroatoms. The third-order valence-corrected chi connectivity index (χ3v) is 9.33. The van der Waals surface area contributed by atoms with Crippen LogP contribution < -0.4 is 14.4 Å². The molecule has 3 aromatic rings. The molecule has 1 saturated heterocycles. The number of thioether (sulfide) groups is 1. The van der Waals surface area contributed by atoms with Gasteiger partial charge in [0.05, 0.1) is 30.5 Å². The van der Waals surface area contributed by atoms with E-state index in [0.717, 1.165) is 39.6 Å². The van der Waals surface area contributed by atoms with Gasteiger partial charge in [0, 0.05) is 27.8 Å². The van der Waals surface area contributed by atoms with E-state index in [4.69, 9.17) is 33.3 Å². The second-order valence-corrected chi connectivity index (χ2v) is 12.4. The molecule has 206 valence electrons. The SMILES string of the molecule is COc1ccc(C=C2SC(=S)N(CCCCCC(=O)N3c4ccccc4Sc4ccc(Cl)cc43)C2=O)cc1OC. The molecule has 0 radical (unpaired) electrons. The van der Waals surface area contributed by atoms with Gasteiger partial charge in [-0.25, -0.2) is 0 Å². The fourth-order valence-electron chi connectivity index (χ4n) is 4.62. The first-order chi connectivity index (χ1) is 19.4. The lowest BCUT2D eigenvalue weighted by molar-refractivity contribution is -0.122. The topological polar surface area (TPSA) is 59.1 Å². The van der Waals surface area contributed by atoms with Crippen LogP contribution in [0.15, 0.2) is 75.4 Å². The van der Waals surface area contributed by atoms with Crippen LogP contribution in [0.1, 0.15) is 31.2 Å². The molecule has 6 nitrogen and oxygen atoms in total. The van der Waals surface area contributed by atoms with E-state index in [0.29, 0.717) is 45.1 Å². The minimum atomic E-state index is -0.100. The van der Waals surface area contributed by atoms with E-state index in [1.54, 1.807) is 41.8 Å². The van der Waals surface area contributed by atoms with Gasteiger partial charge < -0.3 is 9.47 Å². The fraction of sp³-hybridized carbons (Fsp3) is 0.233. The average Bonchev–Trinajstić information content (AvgIpc) is 3.22. The van der Waals surface area contributed by atoms with E-state index < -0.39 is 0 Å². The molecule has 0 N–H and O–H groups in total. The van der Waals surface area contributed by atoms with Crippen LogP contribution in [-0.4, -0.2) is 41.8 Å². The molecule has 0 saturated carbocycles. The Kier molecular flexibility index (Phi) is 9.05. The van der Waals surface area contributed by atoms with Crippen molar-refractivity contribution in [2.24, 2.45) is 0 Å². The Balaban J connectivity index is 1.17. The molecule has 0 aliphatic carbocycles. The van der Waals surface area contributed by atoms with Gasteiger partial charge in [0.15, 0.2) is 11.5 Å². The highest BCUT2D eigenvalue weighted by molar-refractivity contribution is 8.26. The van der Waals surface area contributed by atoms with E-state index >= 15 is 0 Å². The molecule has 2 aliphatic heterocycles. The zero-order valence-electron chi connectivity index (χ0n) is 22.0. The number of nitrogens with zero attached hydrogens (tertiary/aromatic N) is 2. The van der Waals surface area contributed by atoms with Crippen LogP contribution in [0.25, 0.3) is 6.08 Å². The average molecular weight is 611 g/mol. The summed E-state index contributed by atoms with van der Waals surface area (Å²) in [5.41, 5.74) is 2.53. The highest BCUT2D eigenvalue weighted by atomic mass is 35.5. The zero-order valence-corrected chi connectivity index (χ0v) is 25.2. The number of unbranched alkanes of at least 4 members (excludes halogenated alkanes) is 2. The van der Waals surface area contributed by atoms with E-state index in [1.807, 2.05) is 60.7 Å². The predicted molar refractivity (Wildman–Crippen MR) is 167 cm³/mol. The highest BCUT2D eigenvalue weighted by Crippen LogP contribution is 2.49.